The van der Waals surface area contributed by atoms with Crippen molar-refractivity contribution in [2.75, 3.05) is 0 Å². The van der Waals surface area contributed by atoms with E-state index in [0.29, 0.717) is 11.7 Å². The van der Waals surface area contributed by atoms with Crippen LogP contribution < -0.4 is 0 Å². The van der Waals surface area contributed by atoms with Crippen molar-refractivity contribution in [2.24, 2.45) is 0 Å². The van der Waals surface area contributed by atoms with E-state index in [4.69, 9.17) is 4.52 Å². The quantitative estimate of drug-likeness (QED) is 0.793. The number of nitrogens with zero attached hydrogens (tertiary/aromatic N) is 2. The molecule has 0 aliphatic heterocycles. The lowest BCUT2D eigenvalue weighted by Crippen LogP contribution is -2.19. The van der Waals surface area contributed by atoms with Crippen molar-refractivity contribution in [1.82, 2.24) is 10.1 Å². The van der Waals surface area contributed by atoms with Gasteiger partial charge in [0, 0.05) is 5.56 Å². The molecule has 0 saturated carbocycles. The number of phenols is 1. The molecular weight excluding hydrogens is 264 g/mol. The smallest absolute Gasteiger partial charge is 0.237 e. The van der Waals surface area contributed by atoms with E-state index >= 15 is 0 Å². The predicted molar refractivity (Wildman–Crippen MR) is 80.0 cm³/mol. The van der Waals surface area contributed by atoms with Gasteiger partial charge in [0.15, 0.2) is 0 Å². The third-order valence-electron chi connectivity index (χ3n) is 3.56. The Hall–Kier alpha value is -2.62. The van der Waals surface area contributed by atoms with Crippen LogP contribution in [0.2, 0.25) is 0 Å². The minimum absolute atomic E-state index is 0.182. The molecule has 0 spiro atoms. The fourth-order valence-corrected chi connectivity index (χ4v) is 2.22. The van der Waals surface area contributed by atoms with Gasteiger partial charge in [-0.1, -0.05) is 47.6 Å². The number of benzene rings is 2. The van der Waals surface area contributed by atoms with Crippen LogP contribution in [0.5, 0.6) is 5.75 Å². The standard InChI is InChI=1S/C17H16N2O2/c1-17(2,13-8-4-3-5-9-13)16-18-15(19-21-16)12-7-6-10-14(20)11-12/h3-11,20H,1-2H3. The average Bonchev–Trinajstić information content (AvgIpc) is 2.99. The van der Waals surface area contributed by atoms with Gasteiger partial charge in [0.05, 0.1) is 5.41 Å². The summed E-state index contributed by atoms with van der Waals surface area (Å²) in [6.45, 7) is 4.09. The van der Waals surface area contributed by atoms with Gasteiger partial charge in [-0.25, -0.2) is 0 Å². The molecule has 0 unspecified atom stereocenters. The fourth-order valence-electron chi connectivity index (χ4n) is 2.22. The van der Waals surface area contributed by atoms with Crippen LogP contribution in [-0.4, -0.2) is 15.2 Å². The summed E-state index contributed by atoms with van der Waals surface area (Å²) in [7, 11) is 0. The van der Waals surface area contributed by atoms with Gasteiger partial charge in [-0.05, 0) is 31.5 Å². The highest BCUT2D eigenvalue weighted by Gasteiger charge is 2.29. The molecule has 0 fully saturated rings. The normalized spacial score (nSPS) is 11.5. The fraction of sp³-hybridized carbons (Fsp3) is 0.176. The van der Waals surface area contributed by atoms with Crippen LogP contribution >= 0.6 is 0 Å². The van der Waals surface area contributed by atoms with Gasteiger partial charge >= 0.3 is 0 Å². The molecule has 0 amide bonds. The Balaban J connectivity index is 1.98. The van der Waals surface area contributed by atoms with Crippen molar-refractivity contribution >= 4 is 0 Å². The largest absolute Gasteiger partial charge is 0.508 e. The zero-order valence-corrected chi connectivity index (χ0v) is 11.9. The van der Waals surface area contributed by atoms with Crippen molar-refractivity contribution in [3.05, 3.63) is 66.1 Å². The molecule has 3 rings (SSSR count). The number of aromatic hydroxyl groups is 1. The third-order valence-corrected chi connectivity index (χ3v) is 3.56. The number of phenolic OH excluding ortho intramolecular Hbond substituents is 1. The molecule has 0 aliphatic carbocycles. The van der Waals surface area contributed by atoms with Gasteiger partial charge in [-0.3, -0.25) is 0 Å². The minimum Gasteiger partial charge on any atom is -0.508 e. The van der Waals surface area contributed by atoms with Gasteiger partial charge in [0.2, 0.25) is 11.7 Å². The SMILES string of the molecule is CC(C)(c1ccccc1)c1nc(-c2cccc(O)c2)no1. The second kappa shape index (κ2) is 5.05. The van der Waals surface area contributed by atoms with E-state index in [1.54, 1.807) is 18.2 Å². The summed E-state index contributed by atoms with van der Waals surface area (Å²) >= 11 is 0. The minimum atomic E-state index is -0.372. The maximum atomic E-state index is 9.53. The van der Waals surface area contributed by atoms with E-state index < -0.39 is 0 Å². The molecule has 0 atom stereocenters. The second-order valence-electron chi connectivity index (χ2n) is 5.46. The maximum Gasteiger partial charge on any atom is 0.237 e. The zero-order valence-electron chi connectivity index (χ0n) is 11.9. The molecule has 0 saturated heterocycles. The molecule has 0 aliphatic rings. The summed E-state index contributed by atoms with van der Waals surface area (Å²) in [5, 5.41) is 13.6. The molecule has 0 bridgehead atoms. The van der Waals surface area contributed by atoms with Gasteiger partial charge in [-0.15, -0.1) is 0 Å². The summed E-state index contributed by atoms with van der Waals surface area (Å²) < 4.78 is 5.44. The first-order valence-electron chi connectivity index (χ1n) is 6.76. The molecule has 1 heterocycles. The van der Waals surface area contributed by atoms with Gasteiger partial charge in [0.1, 0.15) is 5.75 Å². The van der Waals surface area contributed by atoms with Gasteiger partial charge in [-0.2, -0.15) is 4.98 Å². The highest BCUT2D eigenvalue weighted by molar-refractivity contribution is 5.56. The van der Waals surface area contributed by atoms with Crippen molar-refractivity contribution in [3.8, 4) is 17.1 Å². The van der Waals surface area contributed by atoms with E-state index in [1.807, 2.05) is 50.2 Å². The molecule has 1 N–H and O–H groups in total. The average molecular weight is 280 g/mol. The maximum absolute atomic E-state index is 9.53. The van der Waals surface area contributed by atoms with Crippen molar-refractivity contribution in [1.29, 1.82) is 0 Å². The summed E-state index contributed by atoms with van der Waals surface area (Å²) in [5.41, 5.74) is 1.47. The second-order valence-corrected chi connectivity index (χ2v) is 5.46. The Labute approximate surface area is 123 Å². The number of rotatable bonds is 3. The first kappa shape index (κ1) is 13.4. The van der Waals surface area contributed by atoms with Crippen LogP contribution in [0.25, 0.3) is 11.4 Å². The van der Waals surface area contributed by atoms with E-state index in [0.717, 1.165) is 11.1 Å². The lowest BCUT2D eigenvalue weighted by molar-refractivity contribution is 0.333. The van der Waals surface area contributed by atoms with Crippen molar-refractivity contribution in [3.63, 3.8) is 0 Å². The Bertz CT molecular complexity index is 748. The van der Waals surface area contributed by atoms with E-state index in [2.05, 4.69) is 10.1 Å². The highest BCUT2D eigenvalue weighted by Crippen LogP contribution is 2.31. The molecule has 21 heavy (non-hydrogen) atoms. The van der Waals surface area contributed by atoms with Crippen LogP contribution in [-0.2, 0) is 5.41 Å². The van der Waals surface area contributed by atoms with Gasteiger partial charge in [0.25, 0.3) is 0 Å². The Morgan fingerprint density at radius 1 is 1.00 bits per heavy atom. The van der Waals surface area contributed by atoms with Crippen LogP contribution in [0.3, 0.4) is 0 Å². The first-order chi connectivity index (χ1) is 10.1. The molecular formula is C17H16N2O2. The topological polar surface area (TPSA) is 59.2 Å². The van der Waals surface area contributed by atoms with E-state index in [9.17, 15) is 5.11 Å². The Morgan fingerprint density at radius 3 is 2.48 bits per heavy atom. The lowest BCUT2D eigenvalue weighted by Gasteiger charge is -2.20. The summed E-state index contributed by atoms with van der Waals surface area (Å²) in [4.78, 5) is 4.48. The molecule has 106 valence electrons. The van der Waals surface area contributed by atoms with Gasteiger partial charge < -0.3 is 9.63 Å². The molecule has 4 nitrogen and oxygen atoms in total. The first-order valence-corrected chi connectivity index (χ1v) is 6.76. The monoisotopic (exact) mass is 280 g/mol. The summed E-state index contributed by atoms with van der Waals surface area (Å²) in [6.07, 6.45) is 0. The number of hydrogen-bond donors (Lipinski definition) is 1. The Kier molecular flexibility index (Phi) is 3.22. The van der Waals surface area contributed by atoms with Crippen molar-refractivity contribution in [2.45, 2.75) is 19.3 Å². The molecule has 1 aromatic heterocycles. The lowest BCUT2D eigenvalue weighted by atomic mass is 9.84. The highest BCUT2D eigenvalue weighted by atomic mass is 16.5. The summed E-state index contributed by atoms with van der Waals surface area (Å²) in [6, 6.07) is 16.9. The number of aromatic nitrogens is 2. The number of hydrogen-bond acceptors (Lipinski definition) is 4. The van der Waals surface area contributed by atoms with E-state index in [-0.39, 0.29) is 11.2 Å². The molecule has 0 radical (unpaired) electrons. The Morgan fingerprint density at radius 2 is 1.76 bits per heavy atom. The predicted octanol–water partition coefficient (Wildman–Crippen LogP) is 3.77. The van der Waals surface area contributed by atoms with E-state index in [1.165, 1.54) is 0 Å². The van der Waals surface area contributed by atoms with Crippen LogP contribution in [0.4, 0.5) is 0 Å². The molecule has 2 aromatic carbocycles. The van der Waals surface area contributed by atoms with Crippen LogP contribution in [0.15, 0.2) is 59.1 Å². The zero-order chi connectivity index (χ0) is 14.9. The molecule has 3 aromatic rings. The van der Waals surface area contributed by atoms with Crippen LogP contribution in [0.1, 0.15) is 25.3 Å². The summed E-state index contributed by atoms with van der Waals surface area (Å²) in [5.74, 6) is 1.21. The third kappa shape index (κ3) is 2.52. The van der Waals surface area contributed by atoms with Crippen molar-refractivity contribution < 1.29 is 9.63 Å². The van der Waals surface area contributed by atoms with Crippen LogP contribution in [0, 0.1) is 0 Å². The molecule has 4 heteroatoms.